The SMILES string of the molecule is CCCNC(=O)/C(C#N)=C/c1ccn(CC(F)F)n1. The van der Waals surface area contributed by atoms with Gasteiger partial charge in [0, 0.05) is 12.7 Å². The first-order chi connectivity index (χ1) is 9.06. The van der Waals surface area contributed by atoms with Crippen LogP contribution < -0.4 is 5.32 Å². The molecule has 0 saturated carbocycles. The fraction of sp³-hybridized carbons (Fsp3) is 0.417. The Bertz CT molecular complexity index is 502. The van der Waals surface area contributed by atoms with E-state index in [-0.39, 0.29) is 5.57 Å². The Hall–Kier alpha value is -2.23. The summed E-state index contributed by atoms with van der Waals surface area (Å²) in [4.78, 5) is 11.6. The van der Waals surface area contributed by atoms with Crippen molar-refractivity contribution in [2.45, 2.75) is 26.3 Å². The zero-order valence-corrected chi connectivity index (χ0v) is 10.4. The maximum Gasteiger partial charge on any atom is 0.262 e. The number of aromatic nitrogens is 2. The molecule has 0 aromatic carbocycles. The van der Waals surface area contributed by atoms with Crippen LogP contribution in [0.5, 0.6) is 0 Å². The summed E-state index contributed by atoms with van der Waals surface area (Å²) in [6.45, 7) is 1.84. The van der Waals surface area contributed by atoms with Crippen LogP contribution in [0.2, 0.25) is 0 Å². The maximum atomic E-state index is 12.1. The molecule has 1 amide bonds. The Labute approximate surface area is 109 Å². The third kappa shape index (κ3) is 4.87. The quantitative estimate of drug-likeness (QED) is 0.629. The number of amides is 1. The normalized spacial score (nSPS) is 11.4. The van der Waals surface area contributed by atoms with Crippen LogP contribution in [0.15, 0.2) is 17.8 Å². The molecule has 0 aliphatic heterocycles. The van der Waals surface area contributed by atoms with Gasteiger partial charge in [0.05, 0.1) is 5.69 Å². The molecular formula is C12H14F2N4O. The lowest BCUT2D eigenvalue weighted by Gasteiger charge is -2.00. The fourth-order valence-corrected chi connectivity index (χ4v) is 1.33. The lowest BCUT2D eigenvalue weighted by atomic mass is 10.2. The van der Waals surface area contributed by atoms with Gasteiger partial charge in [-0.15, -0.1) is 0 Å². The van der Waals surface area contributed by atoms with Crippen molar-refractivity contribution in [1.82, 2.24) is 15.1 Å². The second-order valence-corrected chi connectivity index (χ2v) is 3.78. The third-order valence-electron chi connectivity index (χ3n) is 2.18. The molecule has 1 N–H and O–H groups in total. The number of carbonyl (C=O) groups is 1. The summed E-state index contributed by atoms with van der Waals surface area (Å²) in [5.74, 6) is -0.493. The van der Waals surface area contributed by atoms with Crippen LogP contribution >= 0.6 is 0 Å². The molecule has 0 saturated heterocycles. The Morgan fingerprint density at radius 3 is 3.00 bits per heavy atom. The highest BCUT2D eigenvalue weighted by Crippen LogP contribution is 2.06. The van der Waals surface area contributed by atoms with Gasteiger partial charge in [0.15, 0.2) is 0 Å². The summed E-state index contributed by atoms with van der Waals surface area (Å²) >= 11 is 0. The number of hydrogen-bond acceptors (Lipinski definition) is 3. The minimum Gasteiger partial charge on any atom is -0.351 e. The van der Waals surface area contributed by atoms with Crippen molar-refractivity contribution in [2.24, 2.45) is 0 Å². The Balaban J connectivity index is 2.78. The van der Waals surface area contributed by atoms with E-state index in [0.717, 1.165) is 11.1 Å². The highest BCUT2D eigenvalue weighted by Gasteiger charge is 2.10. The summed E-state index contributed by atoms with van der Waals surface area (Å²) in [6.07, 6.45) is 0.900. The summed E-state index contributed by atoms with van der Waals surface area (Å²) in [6, 6.07) is 3.23. The van der Waals surface area contributed by atoms with Crippen LogP contribution in [0.3, 0.4) is 0 Å². The number of alkyl halides is 2. The number of halogens is 2. The number of rotatable bonds is 6. The molecule has 0 radical (unpaired) electrons. The zero-order chi connectivity index (χ0) is 14.3. The standard InChI is InChI=1S/C12H14F2N4O/c1-2-4-16-12(19)9(7-15)6-10-3-5-18(17-10)8-11(13)14/h3,5-6,11H,2,4,8H2,1H3,(H,16,19)/b9-6+. The predicted molar refractivity (Wildman–Crippen MR) is 65.1 cm³/mol. The van der Waals surface area contributed by atoms with E-state index < -0.39 is 18.9 Å². The van der Waals surface area contributed by atoms with E-state index in [1.54, 1.807) is 6.07 Å². The first-order valence-electron chi connectivity index (χ1n) is 5.78. The molecule has 1 aromatic rings. The molecule has 0 bridgehead atoms. The van der Waals surface area contributed by atoms with Crippen molar-refractivity contribution >= 4 is 12.0 Å². The Morgan fingerprint density at radius 1 is 1.68 bits per heavy atom. The predicted octanol–water partition coefficient (Wildman–Crippen LogP) is 1.58. The van der Waals surface area contributed by atoms with Crippen molar-refractivity contribution in [3.05, 3.63) is 23.5 Å². The van der Waals surface area contributed by atoms with Crippen molar-refractivity contribution in [2.75, 3.05) is 6.54 Å². The van der Waals surface area contributed by atoms with Crippen molar-refractivity contribution in [3.8, 4) is 6.07 Å². The van der Waals surface area contributed by atoms with Crippen LogP contribution in [-0.4, -0.2) is 28.7 Å². The average molecular weight is 268 g/mol. The van der Waals surface area contributed by atoms with Crippen LogP contribution in [0, 0.1) is 11.3 Å². The molecule has 102 valence electrons. The Morgan fingerprint density at radius 2 is 2.42 bits per heavy atom. The summed E-state index contributed by atoms with van der Waals surface area (Å²) in [5, 5.41) is 15.3. The molecule has 0 unspecified atom stereocenters. The van der Waals surface area contributed by atoms with Gasteiger partial charge in [-0.05, 0) is 18.6 Å². The molecule has 7 heteroatoms. The minimum atomic E-state index is -2.50. The Kier molecular flexibility index (Phi) is 5.67. The summed E-state index contributed by atoms with van der Waals surface area (Å²) < 4.78 is 25.3. The molecule has 19 heavy (non-hydrogen) atoms. The van der Waals surface area contributed by atoms with E-state index in [0.29, 0.717) is 12.2 Å². The summed E-state index contributed by atoms with van der Waals surface area (Å²) in [5.41, 5.74) is 0.194. The van der Waals surface area contributed by atoms with Gasteiger partial charge in [0.1, 0.15) is 18.2 Å². The molecule has 5 nitrogen and oxygen atoms in total. The molecule has 0 fully saturated rings. The molecule has 0 spiro atoms. The molecule has 1 rings (SSSR count). The maximum absolute atomic E-state index is 12.1. The van der Waals surface area contributed by atoms with Crippen molar-refractivity contribution < 1.29 is 13.6 Å². The fourth-order valence-electron chi connectivity index (χ4n) is 1.33. The van der Waals surface area contributed by atoms with E-state index in [2.05, 4.69) is 10.4 Å². The minimum absolute atomic E-state index is 0.101. The molecule has 1 aromatic heterocycles. The smallest absolute Gasteiger partial charge is 0.262 e. The van der Waals surface area contributed by atoms with E-state index in [1.165, 1.54) is 18.3 Å². The van der Waals surface area contributed by atoms with Crippen LogP contribution in [0.25, 0.3) is 6.08 Å². The third-order valence-corrected chi connectivity index (χ3v) is 2.18. The molecular weight excluding hydrogens is 254 g/mol. The lowest BCUT2D eigenvalue weighted by molar-refractivity contribution is -0.117. The van der Waals surface area contributed by atoms with Gasteiger partial charge in [0.2, 0.25) is 0 Å². The van der Waals surface area contributed by atoms with Gasteiger partial charge in [0.25, 0.3) is 12.3 Å². The van der Waals surface area contributed by atoms with Crippen molar-refractivity contribution in [1.29, 1.82) is 5.26 Å². The van der Waals surface area contributed by atoms with E-state index >= 15 is 0 Å². The highest BCUT2D eigenvalue weighted by molar-refractivity contribution is 6.01. The monoisotopic (exact) mass is 268 g/mol. The van der Waals surface area contributed by atoms with Crippen molar-refractivity contribution in [3.63, 3.8) is 0 Å². The lowest BCUT2D eigenvalue weighted by Crippen LogP contribution is -2.25. The van der Waals surface area contributed by atoms with Gasteiger partial charge in [-0.2, -0.15) is 10.4 Å². The van der Waals surface area contributed by atoms with E-state index in [9.17, 15) is 13.6 Å². The highest BCUT2D eigenvalue weighted by atomic mass is 19.3. The van der Waals surface area contributed by atoms with Crippen LogP contribution in [0.1, 0.15) is 19.0 Å². The number of carbonyl (C=O) groups excluding carboxylic acids is 1. The molecule has 0 atom stereocenters. The zero-order valence-electron chi connectivity index (χ0n) is 10.4. The van der Waals surface area contributed by atoms with Gasteiger partial charge in [-0.1, -0.05) is 6.92 Å². The second kappa shape index (κ2) is 7.26. The van der Waals surface area contributed by atoms with Crippen LogP contribution in [0.4, 0.5) is 8.78 Å². The largest absolute Gasteiger partial charge is 0.351 e. The number of hydrogen-bond donors (Lipinski definition) is 1. The van der Waals surface area contributed by atoms with Gasteiger partial charge >= 0.3 is 0 Å². The van der Waals surface area contributed by atoms with E-state index in [4.69, 9.17) is 5.26 Å². The van der Waals surface area contributed by atoms with Gasteiger partial charge < -0.3 is 5.32 Å². The topological polar surface area (TPSA) is 70.7 Å². The molecule has 1 heterocycles. The van der Waals surface area contributed by atoms with Gasteiger partial charge in [-0.25, -0.2) is 8.78 Å². The number of nitriles is 1. The molecule has 0 aliphatic rings. The first kappa shape index (κ1) is 14.8. The average Bonchev–Trinajstić information content (AvgIpc) is 2.79. The van der Waals surface area contributed by atoms with E-state index in [1.807, 2.05) is 6.92 Å². The van der Waals surface area contributed by atoms with Crippen LogP contribution in [-0.2, 0) is 11.3 Å². The summed E-state index contributed by atoms with van der Waals surface area (Å²) in [7, 11) is 0. The first-order valence-corrected chi connectivity index (χ1v) is 5.78. The number of nitrogens with one attached hydrogen (secondary N) is 1. The molecule has 0 aliphatic carbocycles. The van der Waals surface area contributed by atoms with Gasteiger partial charge in [-0.3, -0.25) is 9.48 Å². The second-order valence-electron chi connectivity index (χ2n) is 3.78. The number of nitrogens with zero attached hydrogens (tertiary/aromatic N) is 3.